The third kappa shape index (κ3) is 5.75. The average molecular weight is 445 g/mol. The molecular formula is C26H28N4O3. The van der Waals surface area contributed by atoms with Gasteiger partial charge in [-0.3, -0.25) is 19.5 Å². The first-order valence-electron chi connectivity index (χ1n) is 11.1. The number of piperazine rings is 1. The van der Waals surface area contributed by atoms with Crippen molar-refractivity contribution < 1.29 is 14.7 Å². The van der Waals surface area contributed by atoms with Crippen LogP contribution in [-0.2, 0) is 11.3 Å². The van der Waals surface area contributed by atoms with Crippen LogP contribution in [0.2, 0.25) is 0 Å². The van der Waals surface area contributed by atoms with E-state index >= 15 is 0 Å². The van der Waals surface area contributed by atoms with Gasteiger partial charge in [-0.05, 0) is 29.8 Å². The van der Waals surface area contributed by atoms with Gasteiger partial charge >= 0.3 is 5.97 Å². The Kier molecular flexibility index (Phi) is 7.32. The lowest BCUT2D eigenvalue weighted by atomic mass is 10.1. The second kappa shape index (κ2) is 10.7. The van der Waals surface area contributed by atoms with Crippen LogP contribution in [0.15, 0.2) is 85.2 Å². The van der Waals surface area contributed by atoms with E-state index in [-0.39, 0.29) is 12.3 Å². The SMILES string of the molecule is O=C(O)CC(N1CCN(c2ccncc2)CC1)N(Cc1ccccc1)C(=O)c1ccccc1. The number of rotatable bonds is 8. The van der Waals surface area contributed by atoms with Crippen molar-refractivity contribution in [1.82, 2.24) is 14.8 Å². The molecule has 33 heavy (non-hydrogen) atoms. The highest BCUT2D eigenvalue weighted by atomic mass is 16.4. The van der Waals surface area contributed by atoms with Gasteiger partial charge in [0.05, 0.1) is 12.6 Å². The molecule has 1 atom stereocenters. The number of carbonyl (C=O) groups is 2. The molecule has 1 N–H and O–H groups in total. The first-order chi connectivity index (χ1) is 16.1. The fraction of sp³-hybridized carbons (Fsp3) is 0.269. The highest BCUT2D eigenvalue weighted by Gasteiger charge is 2.33. The summed E-state index contributed by atoms with van der Waals surface area (Å²) >= 11 is 0. The molecule has 170 valence electrons. The zero-order valence-electron chi connectivity index (χ0n) is 18.5. The van der Waals surface area contributed by atoms with Crippen molar-refractivity contribution in [2.24, 2.45) is 0 Å². The number of benzene rings is 2. The molecular weight excluding hydrogens is 416 g/mol. The maximum atomic E-state index is 13.6. The van der Waals surface area contributed by atoms with Crippen LogP contribution in [0.4, 0.5) is 5.69 Å². The van der Waals surface area contributed by atoms with Crippen molar-refractivity contribution in [3.8, 4) is 0 Å². The predicted molar refractivity (Wildman–Crippen MR) is 127 cm³/mol. The number of amides is 1. The number of nitrogens with zero attached hydrogens (tertiary/aromatic N) is 4. The Bertz CT molecular complexity index is 1040. The number of anilines is 1. The largest absolute Gasteiger partial charge is 0.481 e. The number of aliphatic carboxylic acids is 1. The molecule has 0 aliphatic carbocycles. The summed E-state index contributed by atoms with van der Waals surface area (Å²) in [5, 5.41) is 9.73. The first kappa shape index (κ1) is 22.5. The van der Waals surface area contributed by atoms with E-state index in [0.29, 0.717) is 25.2 Å². The number of hydrogen-bond acceptors (Lipinski definition) is 5. The Morgan fingerprint density at radius 2 is 1.48 bits per heavy atom. The Morgan fingerprint density at radius 1 is 0.879 bits per heavy atom. The monoisotopic (exact) mass is 444 g/mol. The van der Waals surface area contributed by atoms with Gasteiger partial charge in [-0.1, -0.05) is 48.5 Å². The minimum atomic E-state index is -0.921. The maximum Gasteiger partial charge on any atom is 0.306 e. The van der Waals surface area contributed by atoms with Crippen LogP contribution < -0.4 is 4.90 Å². The molecule has 1 aliphatic rings. The van der Waals surface area contributed by atoms with Crippen LogP contribution >= 0.6 is 0 Å². The molecule has 1 unspecified atom stereocenters. The van der Waals surface area contributed by atoms with Crippen molar-refractivity contribution in [2.45, 2.75) is 19.1 Å². The molecule has 1 aromatic heterocycles. The third-order valence-electron chi connectivity index (χ3n) is 5.96. The molecule has 2 aromatic carbocycles. The highest BCUT2D eigenvalue weighted by Crippen LogP contribution is 2.22. The van der Waals surface area contributed by atoms with E-state index in [1.54, 1.807) is 29.4 Å². The summed E-state index contributed by atoms with van der Waals surface area (Å²) in [5.74, 6) is -1.09. The molecule has 1 aliphatic heterocycles. The minimum Gasteiger partial charge on any atom is -0.481 e. The topological polar surface area (TPSA) is 77.0 Å². The molecule has 0 spiro atoms. The lowest BCUT2D eigenvalue weighted by molar-refractivity contribution is -0.140. The molecule has 3 aromatic rings. The molecule has 7 nitrogen and oxygen atoms in total. The van der Waals surface area contributed by atoms with Gasteiger partial charge in [0.15, 0.2) is 0 Å². The summed E-state index contributed by atoms with van der Waals surface area (Å²) in [7, 11) is 0. The molecule has 0 radical (unpaired) electrons. The molecule has 0 saturated carbocycles. The predicted octanol–water partition coefficient (Wildman–Crippen LogP) is 3.35. The van der Waals surface area contributed by atoms with E-state index in [2.05, 4.69) is 14.8 Å². The molecule has 1 saturated heterocycles. The van der Waals surface area contributed by atoms with Gasteiger partial charge in [-0.25, -0.2) is 0 Å². The van der Waals surface area contributed by atoms with Crippen molar-refractivity contribution >= 4 is 17.6 Å². The van der Waals surface area contributed by atoms with Crippen LogP contribution in [0.25, 0.3) is 0 Å². The lowest BCUT2D eigenvalue weighted by Gasteiger charge is -2.44. The van der Waals surface area contributed by atoms with Gasteiger partial charge in [0.2, 0.25) is 0 Å². The second-order valence-corrected chi connectivity index (χ2v) is 8.09. The van der Waals surface area contributed by atoms with Crippen LogP contribution in [0, 0.1) is 0 Å². The summed E-state index contributed by atoms with van der Waals surface area (Å²) in [5.41, 5.74) is 2.62. The van der Waals surface area contributed by atoms with Crippen LogP contribution in [0.1, 0.15) is 22.3 Å². The number of carboxylic acids is 1. The Hall–Kier alpha value is -3.71. The Labute approximate surface area is 193 Å². The van der Waals surface area contributed by atoms with E-state index in [1.165, 1.54) is 0 Å². The summed E-state index contributed by atoms with van der Waals surface area (Å²) in [6.07, 6.45) is 2.86. The summed E-state index contributed by atoms with van der Waals surface area (Å²) in [4.78, 5) is 35.6. The lowest BCUT2D eigenvalue weighted by Crippen LogP contribution is -2.57. The Balaban J connectivity index is 1.59. The molecule has 1 amide bonds. The van der Waals surface area contributed by atoms with Gasteiger partial charge in [-0.15, -0.1) is 0 Å². The summed E-state index contributed by atoms with van der Waals surface area (Å²) in [6.45, 7) is 3.16. The Morgan fingerprint density at radius 3 is 2.09 bits per heavy atom. The molecule has 2 heterocycles. The van der Waals surface area contributed by atoms with Crippen molar-refractivity contribution in [2.75, 3.05) is 31.1 Å². The smallest absolute Gasteiger partial charge is 0.306 e. The van der Waals surface area contributed by atoms with Gasteiger partial charge in [-0.2, -0.15) is 0 Å². The van der Waals surface area contributed by atoms with Crippen LogP contribution in [0.5, 0.6) is 0 Å². The molecule has 0 bridgehead atoms. The maximum absolute atomic E-state index is 13.6. The number of carbonyl (C=O) groups excluding carboxylic acids is 1. The van der Waals surface area contributed by atoms with E-state index in [0.717, 1.165) is 24.3 Å². The minimum absolute atomic E-state index is 0.138. The van der Waals surface area contributed by atoms with Gasteiger partial charge in [0.25, 0.3) is 5.91 Å². The summed E-state index contributed by atoms with van der Waals surface area (Å²) in [6, 6.07) is 22.7. The van der Waals surface area contributed by atoms with Crippen LogP contribution in [0.3, 0.4) is 0 Å². The summed E-state index contributed by atoms with van der Waals surface area (Å²) < 4.78 is 0. The molecule has 1 fully saturated rings. The van der Waals surface area contributed by atoms with Crippen LogP contribution in [-0.4, -0.2) is 64.1 Å². The van der Waals surface area contributed by atoms with E-state index in [9.17, 15) is 14.7 Å². The zero-order valence-corrected chi connectivity index (χ0v) is 18.5. The number of carboxylic acid groups (broad SMARTS) is 1. The quantitative estimate of drug-likeness (QED) is 0.574. The third-order valence-corrected chi connectivity index (χ3v) is 5.96. The molecule has 4 rings (SSSR count). The first-order valence-corrected chi connectivity index (χ1v) is 11.1. The van der Waals surface area contributed by atoms with E-state index in [1.807, 2.05) is 60.7 Å². The fourth-order valence-corrected chi connectivity index (χ4v) is 4.26. The second-order valence-electron chi connectivity index (χ2n) is 8.09. The average Bonchev–Trinajstić information content (AvgIpc) is 2.87. The van der Waals surface area contributed by atoms with Crippen molar-refractivity contribution in [1.29, 1.82) is 0 Å². The molecule has 7 heteroatoms. The van der Waals surface area contributed by atoms with E-state index in [4.69, 9.17) is 0 Å². The highest BCUT2D eigenvalue weighted by molar-refractivity contribution is 5.94. The fourth-order valence-electron chi connectivity index (χ4n) is 4.26. The van der Waals surface area contributed by atoms with Gasteiger partial charge in [0.1, 0.15) is 0 Å². The van der Waals surface area contributed by atoms with E-state index < -0.39 is 12.1 Å². The normalized spacial score (nSPS) is 15.1. The zero-order chi connectivity index (χ0) is 23.0. The number of pyridine rings is 1. The standard InChI is InChI=1S/C26H28N4O3/c31-25(32)19-24(29-17-15-28(16-18-29)23-11-13-27-14-12-23)30(20-21-7-3-1-4-8-21)26(33)22-9-5-2-6-10-22/h1-14,24H,15-20H2,(H,31,32). The number of aromatic nitrogens is 1. The van der Waals surface area contributed by atoms with Gasteiger partial charge in [0, 0.05) is 56.4 Å². The van der Waals surface area contributed by atoms with Gasteiger partial charge < -0.3 is 14.9 Å². The number of hydrogen-bond donors (Lipinski definition) is 1. The van der Waals surface area contributed by atoms with Crippen molar-refractivity contribution in [3.05, 3.63) is 96.3 Å². The van der Waals surface area contributed by atoms with Crippen molar-refractivity contribution in [3.63, 3.8) is 0 Å².